The largest absolute Gasteiger partial charge is 0.322 e. The summed E-state index contributed by atoms with van der Waals surface area (Å²) >= 11 is 0. The van der Waals surface area contributed by atoms with Crippen LogP contribution in [0.25, 0.3) is 11.0 Å². The van der Waals surface area contributed by atoms with Gasteiger partial charge in [0.1, 0.15) is 11.2 Å². The second kappa shape index (κ2) is 3.26. The third-order valence-corrected chi connectivity index (χ3v) is 1.80. The SMILES string of the molecule is CC(=O)Nc1c(F)cc(F)c2n[nH]nc12. The molecule has 0 saturated carbocycles. The van der Waals surface area contributed by atoms with Gasteiger partial charge >= 0.3 is 0 Å². The average molecular weight is 212 g/mol. The lowest BCUT2D eigenvalue weighted by Gasteiger charge is -2.03. The Morgan fingerprint density at radius 1 is 1.33 bits per heavy atom. The topological polar surface area (TPSA) is 70.7 Å². The van der Waals surface area contributed by atoms with E-state index >= 15 is 0 Å². The number of rotatable bonds is 1. The zero-order valence-corrected chi connectivity index (χ0v) is 7.64. The summed E-state index contributed by atoms with van der Waals surface area (Å²) < 4.78 is 26.4. The summed E-state index contributed by atoms with van der Waals surface area (Å²) in [5, 5.41) is 11.4. The molecule has 15 heavy (non-hydrogen) atoms. The predicted octanol–water partition coefficient (Wildman–Crippen LogP) is 1.19. The number of anilines is 1. The average Bonchev–Trinajstić information content (AvgIpc) is 2.60. The molecule has 1 amide bonds. The van der Waals surface area contributed by atoms with Crippen LogP contribution in [0, 0.1) is 11.6 Å². The van der Waals surface area contributed by atoms with Crippen LogP contribution in [0.3, 0.4) is 0 Å². The molecule has 0 spiro atoms. The zero-order valence-electron chi connectivity index (χ0n) is 7.64. The molecule has 0 radical (unpaired) electrons. The summed E-state index contributed by atoms with van der Waals surface area (Å²) in [5.41, 5.74) is -0.324. The van der Waals surface area contributed by atoms with Crippen LogP contribution in [0.1, 0.15) is 6.92 Å². The Bertz CT molecular complexity index is 537. The number of aromatic amines is 1. The molecular weight excluding hydrogens is 206 g/mol. The van der Waals surface area contributed by atoms with Crippen LogP contribution in [-0.2, 0) is 4.79 Å². The Hall–Kier alpha value is -2.05. The number of carbonyl (C=O) groups is 1. The molecule has 2 aromatic rings. The normalized spacial score (nSPS) is 10.6. The first-order chi connectivity index (χ1) is 7.09. The molecule has 0 aliphatic rings. The molecule has 0 fully saturated rings. The lowest BCUT2D eigenvalue weighted by molar-refractivity contribution is -0.114. The van der Waals surface area contributed by atoms with Gasteiger partial charge in [0.2, 0.25) is 5.91 Å². The highest BCUT2D eigenvalue weighted by Crippen LogP contribution is 2.25. The fraction of sp³-hybridized carbons (Fsp3) is 0.125. The van der Waals surface area contributed by atoms with Crippen molar-refractivity contribution in [3.8, 4) is 0 Å². The number of hydrogen-bond acceptors (Lipinski definition) is 3. The van der Waals surface area contributed by atoms with Crippen molar-refractivity contribution >= 4 is 22.6 Å². The highest BCUT2D eigenvalue weighted by Gasteiger charge is 2.16. The van der Waals surface area contributed by atoms with Gasteiger partial charge in [0.25, 0.3) is 0 Å². The van der Waals surface area contributed by atoms with Gasteiger partial charge in [0.15, 0.2) is 17.2 Å². The zero-order chi connectivity index (χ0) is 11.0. The highest BCUT2D eigenvalue weighted by atomic mass is 19.1. The molecule has 0 aliphatic carbocycles. The molecule has 0 unspecified atom stereocenters. The minimum absolute atomic E-state index is 0.0392. The maximum Gasteiger partial charge on any atom is 0.221 e. The second-order valence-electron chi connectivity index (χ2n) is 2.92. The summed E-state index contributed by atoms with van der Waals surface area (Å²) in [6, 6.07) is 0.649. The van der Waals surface area contributed by atoms with Crippen molar-refractivity contribution in [3.05, 3.63) is 17.7 Å². The maximum absolute atomic E-state index is 13.3. The summed E-state index contributed by atoms with van der Waals surface area (Å²) in [5.74, 6) is -2.18. The van der Waals surface area contributed by atoms with E-state index in [2.05, 4.69) is 20.7 Å². The fourth-order valence-corrected chi connectivity index (χ4v) is 1.23. The molecule has 0 atom stereocenters. The van der Waals surface area contributed by atoms with E-state index < -0.39 is 17.5 Å². The van der Waals surface area contributed by atoms with Crippen molar-refractivity contribution in [1.29, 1.82) is 0 Å². The number of fused-ring (bicyclic) bond motifs is 1. The Kier molecular flexibility index (Phi) is 2.07. The third-order valence-electron chi connectivity index (χ3n) is 1.80. The van der Waals surface area contributed by atoms with Crippen LogP contribution in [0.5, 0.6) is 0 Å². The van der Waals surface area contributed by atoms with Crippen LogP contribution < -0.4 is 5.32 Å². The second-order valence-corrected chi connectivity index (χ2v) is 2.92. The van der Waals surface area contributed by atoms with E-state index in [1.165, 1.54) is 6.92 Å². The molecular formula is C8H6F2N4O. The first-order valence-corrected chi connectivity index (χ1v) is 4.05. The molecule has 0 aliphatic heterocycles. The number of nitrogens with zero attached hydrogens (tertiary/aromatic N) is 2. The lowest BCUT2D eigenvalue weighted by atomic mass is 10.2. The quantitative estimate of drug-likeness (QED) is 0.745. The summed E-state index contributed by atoms with van der Waals surface area (Å²) in [4.78, 5) is 10.8. The van der Waals surface area contributed by atoms with Crippen LogP contribution in [0.2, 0.25) is 0 Å². The van der Waals surface area contributed by atoms with Gasteiger partial charge in [-0.2, -0.15) is 15.4 Å². The molecule has 7 heteroatoms. The molecule has 0 saturated heterocycles. The van der Waals surface area contributed by atoms with Gasteiger partial charge in [-0.05, 0) is 0 Å². The Labute approximate surface area is 82.5 Å². The first kappa shape index (κ1) is 9.50. The van der Waals surface area contributed by atoms with E-state index in [1.807, 2.05) is 0 Å². The van der Waals surface area contributed by atoms with Crippen molar-refractivity contribution in [3.63, 3.8) is 0 Å². The van der Waals surface area contributed by atoms with E-state index in [9.17, 15) is 13.6 Å². The molecule has 5 nitrogen and oxygen atoms in total. The van der Waals surface area contributed by atoms with Crippen LogP contribution >= 0.6 is 0 Å². The lowest BCUT2D eigenvalue weighted by Crippen LogP contribution is -2.08. The van der Waals surface area contributed by atoms with E-state index in [0.717, 1.165) is 0 Å². The van der Waals surface area contributed by atoms with Crippen LogP contribution in [-0.4, -0.2) is 21.3 Å². The number of benzene rings is 1. The number of H-pyrrole nitrogens is 1. The summed E-state index contributed by atoms with van der Waals surface area (Å²) in [6.45, 7) is 1.22. The van der Waals surface area contributed by atoms with Crippen molar-refractivity contribution in [2.45, 2.75) is 6.92 Å². The molecule has 1 aromatic heterocycles. The van der Waals surface area contributed by atoms with Crippen molar-refractivity contribution in [2.24, 2.45) is 0 Å². The molecule has 2 N–H and O–H groups in total. The molecule has 1 heterocycles. The van der Waals surface area contributed by atoms with Crippen molar-refractivity contribution in [1.82, 2.24) is 15.4 Å². The number of amides is 1. The van der Waals surface area contributed by atoms with Crippen LogP contribution in [0.4, 0.5) is 14.5 Å². The minimum Gasteiger partial charge on any atom is -0.322 e. The van der Waals surface area contributed by atoms with Gasteiger partial charge in [0, 0.05) is 13.0 Å². The van der Waals surface area contributed by atoms with Crippen molar-refractivity contribution < 1.29 is 13.6 Å². The Morgan fingerprint density at radius 3 is 2.67 bits per heavy atom. The smallest absolute Gasteiger partial charge is 0.221 e. The number of aromatic nitrogens is 3. The predicted molar refractivity (Wildman–Crippen MR) is 48.1 cm³/mol. The third kappa shape index (κ3) is 1.51. The number of hydrogen-bond donors (Lipinski definition) is 2. The van der Waals surface area contributed by atoms with E-state index in [4.69, 9.17) is 0 Å². The first-order valence-electron chi connectivity index (χ1n) is 4.05. The monoisotopic (exact) mass is 212 g/mol. The maximum atomic E-state index is 13.3. The number of halogens is 2. The molecule has 78 valence electrons. The van der Waals surface area contributed by atoms with Gasteiger partial charge in [-0.3, -0.25) is 4.79 Å². The minimum atomic E-state index is -0.885. The Morgan fingerprint density at radius 2 is 2.00 bits per heavy atom. The Balaban J connectivity index is 2.71. The van der Waals surface area contributed by atoms with E-state index in [1.54, 1.807) is 0 Å². The van der Waals surface area contributed by atoms with E-state index in [-0.39, 0.29) is 16.7 Å². The van der Waals surface area contributed by atoms with Gasteiger partial charge < -0.3 is 5.32 Å². The fourth-order valence-electron chi connectivity index (χ4n) is 1.23. The van der Waals surface area contributed by atoms with Gasteiger partial charge in [-0.15, -0.1) is 0 Å². The number of nitrogens with one attached hydrogen (secondary N) is 2. The van der Waals surface area contributed by atoms with Gasteiger partial charge in [-0.25, -0.2) is 8.78 Å². The summed E-state index contributed by atoms with van der Waals surface area (Å²) in [6.07, 6.45) is 0. The molecule has 2 rings (SSSR count). The van der Waals surface area contributed by atoms with E-state index in [0.29, 0.717) is 6.07 Å². The van der Waals surface area contributed by atoms with Gasteiger partial charge in [-0.1, -0.05) is 0 Å². The highest BCUT2D eigenvalue weighted by molar-refractivity contribution is 5.98. The molecule has 0 bridgehead atoms. The van der Waals surface area contributed by atoms with Crippen molar-refractivity contribution in [2.75, 3.05) is 5.32 Å². The van der Waals surface area contributed by atoms with Crippen LogP contribution in [0.15, 0.2) is 6.07 Å². The summed E-state index contributed by atoms with van der Waals surface area (Å²) in [7, 11) is 0. The molecule has 1 aromatic carbocycles. The number of carbonyl (C=O) groups excluding carboxylic acids is 1. The standard InChI is InChI=1S/C8H6F2N4O/c1-3(15)11-6-4(9)2-5(10)7-8(6)13-14-12-7/h2H,1H3,(H,11,15)(H,12,13,14). The van der Waals surface area contributed by atoms with Gasteiger partial charge in [0.05, 0.1) is 0 Å².